The molecule has 0 bridgehead atoms. The zero-order valence-corrected chi connectivity index (χ0v) is 13.5. The number of fused-ring (bicyclic) bond motifs is 1. The SMILES string of the molecule is COc1ccc(CN2CCc3cc(CC(=O)O)ccc3C2=O)cc1. The van der Waals surface area contributed by atoms with Gasteiger partial charge in [-0.2, -0.15) is 0 Å². The Balaban J connectivity index is 1.75. The molecule has 2 aromatic carbocycles. The number of carboxylic acids is 1. The molecular formula is C19H19NO4. The zero-order chi connectivity index (χ0) is 17.1. The maximum Gasteiger partial charge on any atom is 0.307 e. The largest absolute Gasteiger partial charge is 0.497 e. The molecule has 0 atom stereocenters. The lowest BCUT2D eigenvalue weighted by molar-refractivity contribution is -0.136. The smallest absolute Gasteiger partial charge is 0.307 e. The molecule has 1 N–H and O–H groups in total. The lowest BCUT2D eigenvalue weighted by Crippen LogP contribution is -2.37. The van der Waals surface area contributed by atoms with Gasteiger partial charge in [0.1, 0.15) is 5.75 Å². The summed E-state index contributed by atoms with van der Waals surface area (Å²) in [6, 6.07) is 13.0. The molecule has 5 nitrogen and oxygen atoms in total. The summed E-state index contributed by atoms with van der Waals surface area (Å²) in [5.74, 6) is -0.0767. The van der Waals surface area contributed by atoms with E-state index in [1.54, 1.807) is 19.2 Å². The van der Waals surface area contributed by atoms with E-state index in [0.717, 1.165) is 28.9 Å². The Bertz CT molecular complexity index is 767. The van der Waals surface area contributed by atoms with Crippen molar-refractivity contribution in [2.24, 2.45) is 0 Å². The van der Waals surface area contributed by atoms with Crippen molar-refractivity contribution in [2.75, 3.05) is 13.7 Å². The van der Waals surface area contributed by atoms with E-state index in [1.807, 2.05) is 35.2 Å². The molecule has 3 rings (SSSR count). The molecule has 0 fully saturated rings. The Kier molecular flexibility index (Phi) is 4.51. The first kappa shape index (κ1) is 16.1. The fourth-order valence-corrected chi connectivity index (χ4v) is 2.98. The molecule has 124 valence electrons. The van der Waals surface area contributed by atoms with Crippen LogP contribution in [0, 0.1) is 0 Å². The van der Waals surface area contributed by atoms with Gasteiger partial charge in [0.25, 0.3) is 5.91 Å². The Labute approximate surface area is 140 Å². The quantitative estimate of drug-likeness (QED) is 0.917. The third-order valence-corrected chi connectivity index (χ3v) is 4.23. The summed E-state index contributed by atoms with van der Waals surface area (Å²) in [7, 11) is 1.62. The normalized spacial score (nSPS) is 13.5. The molecule has 1 amide bonds. The van der Waals surface area contributed by atoms with Gasteiger partial charge in [0.15, 0.2) is 0 Å². The van der Waals surface area contributed by atoms with Crippen LogP contribution in [0.4, 0.5) is 0 Å². The van der Waals surface area contributed by atoms with E-state index in [4.69, 9.17) is 9.84 Å². The van der Waals surface area contributed by atoms with Crippen molar-refractivity contribution in [3.63, 3.8) is 0 Å². The van der Waals surface area contributed by atoms with E-state index in [0.29, 0.717) is 18.7 Å². The van der Waals surface area contributed by atoms with Gasteiger partial charge >= 0.3 is 5.97 Å². The first-order valence-electron chi connectivity index (χ1n) is 7.82. The Morgan fingerprint density at radius 3 is 2.54 bits per heavy atom. The third-order valence-electron chi connectivity index (χ3n) is 4.23. The van der Waals surface area contributed by atoms with E-state index in [2.05, 4.69) is 0 Å². The highest BCUT2D eigenvalue weighted by molar-refractivity contribution is 5.96. The first-order valence-corrected chi connectivity index (χ1v) is 7.82. The van der Waals surface area contributed by atoms with Crippen LogP contribution in [-0.4, -0.2) is 35.5 Å². The number of carboxylic acid groups (broad SMARTS) is 1. The number of rotatable bonds is 5. The topological polar surface area (TPSA) is 66.8 Å². The standard InChI is InChI=1S/C19H19NO4/c1-24-16-5-2-13(3-6-16)12-20-9-8-15-10-14(11-18(21)22)4-7-17(15)19(20)23/h2-7,10H,8-9,11-12H2,1H3,(H,21,22). The number of aliphatic carboxylic acids is 1. The second-order valence-electron chi connectivity index (χ2n) is 5.89. The van der Waals surface area contributed by atoms with Crippen molar-refractivity contribution < 1.29 is 19.4 Å². The zero-order valence-electron chi connectivity index (χ0n) is 13.5. The molecule has 2 aromatic rings. The molecule has 1 aliphatic rings. The van der Waals surface area contributed by atoms with Crippen LogP contribution in [0.25, 0.3) is 0 Å². The summed E-state index contributed by atoms with van der Waals surface area (Å²) in [6.45, 7) is 1.19. The number of nitrogens with zero attached hydrogens (tertiary/aromatic N) is 1. The lowest BCUT2D eigenvalue weighted by atomic mass is 9.95. The predicted octanol–water partition coefficient (Wildman–Crippen LogP) is 2.52. The second-order valence-corrected chi connectivity index (χ2v) is 5.89. The number of benzene rings is 2. The van der Waals surface area contributed by atoms with Gasteiger partial charge in [-0.05, 0) is 41.3 Å². The molecule has 0 spiro atoms. The van der Waals surface area contributed by atoms with E-state index < -0.39 is 5.97 Å². The molecule has 0 saturated carbocycles. The monoisotopic (exact) mass is 325 g/mol. The van der Waals surface area contributed by atoms with Gasteiger partial charge in [-0.15, -0.1) is 0 Å². The number of carbonyl (C=O) groups is 2. The molecule has 0 saturated heterocycles. The molecule has 5 heteroatoms. The van der Waals surface area contributed by atoms with Crippen LogP contribution < -0.4 is 4.74 Å². The van der Waals surface area contributed by atoms with Crippen molar-refractivity contribution in [3.05, 3.63) is 64.7 Å². The third kappa shape index (κ3) is 3.40. The van der Waals surface area contributed by atoms with Gasteiger partial charge in [0.05, 0.1) is 13.5 Å². The fourth-order valence-electron chi connectivity index (χ4n) is 2.98. The molecule has 1 aliphatic heterocycles. The summed E-state index contributed by atoms with van der Waals surface area (Å²) in [5.41, 5.74) is 3.39. The number of hydrogen-bond acceptors (Lipinski definition) is 3. The number of amides is 1. The maximum atomic E-state index is 12.7. The van der Waals surface area contributed by atoms with E-state index >= 15 is 0 Å². The van der Waals surface area contributed by atoms with Crippen LogP contribution >= 0.6 is 0 Å². The average molecular weight is 325 g/mol. The Hall–Kier alpha value is -2.82. The van der Waals surface area contributed by atoms with Crippen LogP contribution in [0.2, 0.25) is 0 Å². The van der Waals surface area contributed by atoms with Crippen molar-refractivity contribution in [2.45, 2.75) is 19.4 Å². The summed E-state index contributed by atoms with van der Waals surface area (Å²) in [4.78, 5) is 25.3. The molecule has 0 aromatic heterocycles. The number of carbonyl (C=O) groups excluding carboxylic acids is 1. The predicted molar refractivity (Wildman–Crippen MR) is 89.2 cm³/mol. The van der Waals surface area contributed by atoms with E-state index in [-0.39, 0.29) is 12.3 Å². The fraction of sp³-hybridized carbons (Fsp3) is 0.263. The minimum Gasteiger partial charge on any atom is -0.497 e. The van der Waals surface area contributed by atoms with Gasteiger partial charge in [-0.1, -0.05) is 24.3 Å². The molecule has 1 heterocycles. The van der Waals surface area contributed by atoms with Gasteiger partial charge in [0.2, 0.25) is 0 Å². The van der Waals surface area contributed by atoms with E-state index in [9.17, 15) is 9.59 Å². The summed E-state index contributed by atoms with van der Waals surface area (Å²) < 4.78 is 5.14. The summed E-state index contributed by atoms with van der Waals surface area (Å²) >= 11 is 0. The molecule has 0 radical (unpaired) electrons. The van der Waals surface area contributed by atoms with Crippen molar-refractivity contribution in [3.8, 4) is 5.75 Å². The minimum atomic E-state index is -0.863. The second kappa shape index (κ2) is 6.74. The molecular weight excluding hydrogens is 306 g/mol. The van der Waals surface area contributed by atoms with Gasteiger partial charge in [-0.3, -0.25) is 9.59 Å². The minimum absolute atomic E-state index is 0.00561. The van der Waals surface area contributed by atoms with Gasteiger partial charge in [0, 0.05) is 18.7 Å². The lowest BCUT2D eigenvalue weighted by Gasteiger charge is -2.29. The van der Waals surface area contributed by atoms with Crippen LogP contribution in [0.1, 0.15) is 27.0 Å². The van der Waals surface area contributed by atoms with Crippen molar-refractivity contribution in [1.29, 1.82) is 0 Å². The molecule has 0 aliphatic carbocycles. The maximum absolute atomic E-state index is 12.7. The van der Waals surface area contributed by atoms with Crippen molar-refractivity contribution in [1.82, 2.24) is 4.90 Å². The number of methoxy groups -OCH3 is 1. The first-order chi connectivity index (χ1) is 11.6. The number of hydrogen-bond donors (Lipinski definition) is 1. The summed E-state index contributed by atoms with van der Waals surface area (Å²) in [6.07, 6.45) is 0.724. The summed E-state index contributed by atoms with van der Waals surface area (Å²) in [5, 5.41) is 8.88. The van der Waals surface area contributed by atoms with Gasteiger partial charge in [-0.25, -0.2) is 0 Å². The van der Waals surface area contributed by atoms with Crippen LogP contribution in [-0.2, 0) is 24.2 Å². The Morgan fingerprint density at radius 2 is 1.88 bits per heavy atom. The van der Waals surface area contributed by atoms with Crippen LogP contribution in [0.5, 0.6) is 5.75 Å². The van der Waals surface area contributed by atoms with Crippen LogP contribution in [0.3, 0.4) is 0 Å². The molecule has 24 heavy (non-hydrogen) atoms. The van der Waals surface area contributed by atoms with Crippen LogP contribution in [0.15, 0.2) is 42.5 Å². The highest BCUT2D eigenvalue weighted by Crippen LogP contribution is 2.23. The van der Waals surface area contributed by atoms with Gasteiger partial charge < -0.3 is 14.7 Å². The number of ether oxygens (including phenoxy) is 1. The average Bonchev–Trinajstić information content (AvgIpc) is 2.57. The Morgan fingerprint density at radius 1 is 1.17 bits per heavy atom. The highest BCUT2D eigenvalue weighted by Gasteiger charge is 2.24. The highest BCUT2D eigenvalue weighted by atomic mass is 16.5. The molecule has 0 unspecified atom stereocenters. The van der Waals surface area contributed by atoms with Crippen molar-refractivity contribution >= 4 is 11.9 Å². The van der Waals surface area contributed by atoms with E-state index in [1.165, 1.54) is 0 Å².